The van der Waals surface area contributed by atoms with Crippen LogP contribution in [0.4, 0.5) is 4.39 Å². The Hall–Kier alpha value is -1.68. The van der Waals surface area contributed by atoms with Crippen LogP contribution < -0.4 is 0 Å². The van der Waals surface area contributed by atoms with Crippen molar-refractivity contribution in [1.82, 2.24) is 4.90 Å². The quantitative estimate of drug-likeness (QED) is 0.148. The van der Waals surface area contributed by atoms with Gasteiger partial charge in [0, 0.05) is 27.1 Å². The number of nitrogens with zero attached hydrogens (tertiary/aromatic N) is 2. The Morgan fingerprint density at radius 1 is 0.892 bits per heavy atom. The Kier molecular flexibility index (Phi) is 66.8. The van der Waals surface area contributed by atoms with Gasteiger partial charge in [0.25, 0.3) is 0 Å². The summed E-state index contributed by atoms with van der Waals surface area (Å²) in [4.78, 5) is 6.61. The molecule has 3 nitrogen and oxygen atoms in total. The predicted octanol–water partition coefficient (Wildman–Crippen LogP) is 11.2. The topological polar surface area (TPSA) is 24.8 Å². The van der Waals surface area contributed by atoms with Crippen molar-refractivity contribution in [2.45, 2.75) is 121 Å². The van der Waals surface area contributed by atoms with Gasteiger partial charge in [0.1, 0.15) is 5.84 Å². The molecule has 1 saturated carbocycles. The van der Waals surface area contributed by atoms with E-state index in [2.05, 4.69) is 44.1 Å². The van der Waals surface area contributed by atoms with Crippen molar-refractivity contribution in [2.75, 3.05) is 34.4 Å². The van der Waals surface area contributed by atoms with Crippen LogP contribution in [0.15, 0.2) is 54.4 Å². The summed E-state index contributed by atoms with van der Waals surface area (Å²) >= 11 is 0. The standard InChI is InChI=1S/C12H24N2.C7H12O.C4H7F.C4H8.3C2H6/c1-13-12(14(2)3)11-9-7-5-4-6-8-10-11;1-3-5-7-8-6-4-2;1-3-4(2)5;1-3-4-2;3*1-2/h11H,4-10H2,1-3H3;3-5H,2,6-7H2,1H3;3H,1-2H3;3H,1,4H2,2H3;3*1-2H3/b;5-3+;4-3+;;;;. The van der Waals surface area contributed by atoms with Crippen LogP contribution in [0, 0.1) is 5.92 Å². The summed E-state index contributed by atoms with van der Waals surface area (Å²) < 4.78 is 16.3. The molecular formula is C33H69FN2O. The van der Waals surface area contributed by atoms with Gasteiger partial charge < -0.3 is 9.64 Å². The van der Waals surface area contributed by atoms with Crippen LogP contribution in [0.25, 0.3) is 0 Å². The highest BCUT2D eigenvalue weighted by Crippen LogP contribution is 2.24. The second-order valence-corrected chi connectivity index (χ2v) is 7.49. The van der Waals surface area contributed by atoms with Crippen LogP contribution in [0.2, 0.25) is 0 Å². The lowest BCUT2D eigenvalue weighted by molar-refractivity contribution is 0.194. The number of ether oxygens (including phenoxy) is 1. The summed E-state index contributed by atoms with van der Waals surface area (Å²) in [5.74, 6) is 1.90. The van der Waals surface area contributed by atoms with Crippen molar-refractivity contribution in [3.05, 3.63) is 49.4 Å². The number of aliphatic imine (C=N–C) groups is 1. The molecule has 0 heterocycles. The third-order valence-corrected chi connectivity index (χ3v) is 4.53. The fourth-order valence-corrected chi connectivity index (χ4v) is 2.78. The third kappa shape index (κ3) is 51.8. The molecule has 0 amide bonds. The molecule has 1 rings (SSSR count). The van der Waals surface area contributed by atoms with E-state index in [9.17, 15) is 4.39 Å². The fraction of sp³-hybridized carbons (Fsp3) is 0.727. The highest BCUT2D eigenvalue weighted by Gasteiger charge is 2.18. The van der Waals surface area contributed by atoms with E-state index < -0.39 is 0 Å². The molecule has 0 radical (unpaired) electrons. The molecule has 0 bridgehead atoms. The van der Waals surface area contributed by atoms with E-state index in [1.807, 2.05) is 73.7 Å². The summed E-state index contributed by atoms with van der Waals surface area (Å²) in [5, 5.41) is 0. The van der Waals surface area contributed by atoms with Crippen molar-refractivity contribution >= 4 is 5.84 Å². The van der Waals surface area contributed by atoms with Gasteiger partial charge >= 0.3 is 0 Å². The maximum atomic E-state index is 11.3. The van der Waals surface area contributed by atoms with Gasteiger partial charge in [-0.1, -0.05) is 111 Å². The Morgan fingerprint density at radius 3 is 1.57 bits per heavy atom. The minimum Gasteiger partial charge on any atom is -0.373 e. The lowest BCUT2D eigenvalue weighted by Gasteiger charge is -2.26. The number of hydrogen-bond donors (Lipinski definition) is 0. The zero-order valence-electron chi connectivity index (χ0n) is 27.6. The summed E-state index contributed by atoms with van der Waals surface area (Å²) in [7, 11) is 6.15. The Balaban J connectivity index is -0.0000000893. The summed E-state index contributed by atoms with van der Waals surface area (Å²) in [6.07, 6.45) is 19.8. The minimum absolute atomic E-state index is 0.120. The monoisotopic (exact) mass is 529 g/mol. The average molecular weight is 529 g/mol. The number of allylic oxidation sites excluding steroid dienone is 4. The van der Waals surface area contributed by atoms with Crippen LogP contribution in [0.3, 0.4) is 0 Å². The maximum Gasteiger partial charge on any atom is 0.101 e. The lowest BCUT2D eigenvalue weighted by atomic mass is 9.90. The average Bonchev–Trinajstić information content (AvgIpc) is 2.92. The molecule has 1 fully saturated rings. The van der Waals surface area contributed by atoms with E-state index in [1.54, 1.807) is 13.0 Å². The normalized spacial score (nSPS) is 13.1. The summed E-state index contributed by atoms with van der Waals surface area (Å²) in [6, 6.07) is 0. The molecule has 1 aliphatic carbocycles. The molecule has 224 valence electrons. The summed E-state index contributed by atoms with van der Waals surface area (Å²) in [5.41, 5.74) is 0. The van der Waals surface area contributed by atoms with Crippen LogP contribution in [-0.2, 0) is 4.74 Å². The van der Waals surface area contributed by atoms with Gasteiger partial charge in [-0.05, 0) is 40.0 Å². The minimum atomic E-state index is -0.120. The van der Waals surface area contributed by atoms with Crippen LogP contribution in [-0.4, -0.2) is 45.1 Å². The van der Waals surface area contributed by atoms with E-state index in [-0.39, 0.29) is 5.83 Å². The van der Waals surface area contributed by atoms with E-state index in [4.69, 9.17) is 4.74 Å². The van der Waals surface area contributed by atoms with E-state index in [0.717, 1.165) is 12.3 Å². The number of hydrogen-bond acceptors (Lipinski definition) is 2. The van der Waals surface area contributed by atoms with Crippen molar-refractivity contribution in [3.63, 3.8) is 0 Å². The fourth-order valence-electron chi connectivity index (χ4n) is 2.78. The molecule has 0 atom stereocenters. The van der Waals surface area contributed by atoms with Crippen molar-refractivity contribution in [3.8, 4) is 0 Å². The zero-order chi connectivity index (χ0) is 30.3. The van der Waals surface area contributed by atoms with Crippen LogP contribution in [0.1, 0.15) is 121 Å². The maximum absolute atomic E-state index is 11.3. The second kappa shape index (κ2) is 51.1. The Morgan fingerprint density at radius 2 is 1.30 bits per heavy atom. The lowest BCUT2D eigenvalue weighted by Crippen LogP contribution is -2.30. The smallest absolute Gasteiger partial charge is 0.101 e. The molecular weight excluding hydrogens is 459 g/mol. The van der Waals surface area contributed by atoms with Gasteiger partial charge in [-0.2, -0.15) is 0 Å². The van der Waals surface area contributed by atoms with Gasteiger partial charge in [-0.3, -0.25) is 4.99 Å². The van der Waals surface area contributed by atoms with Gasteiger partial charge in [-0.25, -0.2) is 4.39 Å². The predicted molar refractivity (Wildman–Crippen MR) is 174 cm³/mol. The zero-order valence-corrected chi connectivity index (χ0v) is 27.6. The number of rotatable bonds is 6. The van der Waals surface area contributed by atoms with Crippen molar-refractivity contribution in [2.24, 2.45) is 10.9 Å². The molecule has 37 heavy (non-hydrogen) atoms. The number of amidine groups is 1. The molecule has 0 aromatic carbocycles. The largest absolute Gasteiger partial charge is 0.373 e. The van der Waals surface area contributed by atoms with Crippen LogP contribution >= 0.6 is 0 Å². The molecule has 0 spiro atoms. The molecule has 1 aliphatic rings. The Bertz CT molecular complexity index is 471. The molecule has 0 aromatic heterocycles. The van der Waals surface area contributed by atoms with Gasteiger partial charge in [-0.15, -0.1) is 13.2 Å². The molecule has 0 unspecified atom stereocenters. The highest BCUT2D eigenvalue weighted by atomic mass is 19.1. The molecule has 0 N–H and O–H groups in total. The van der Waals surface area contributed by atoms with E-state index >= 15 is 0 Å². The van der Waals surface area contributed by atoms with Gasteiger partial charge in [0.05, 0.1) is 19.0 Å². The first-order valence-electron chi connectivity index (χ1n) is 14.7. The van der Waals surface area contributed by atoms with E-state index in [1.165, 1.54) is 63.8 Å². The highest BCUT2D eigenvalue weighted by molar-refractivity contribution is 5.84. The third-order valence-electron chi connectivity index (χ3n) is 4.53. The van der Waals surface area contributed by atoms with E-state index in [0.29, 0.717) is 13.2 Å². The molecule has 0 aliphatic heterocycles. The SMILES string of the molecule is C/C=C(\C)F.C=CCC.C=CCOC/C=C/C.CC.CC.CC.CN=C(C1CCCCCCC1)N(C)C. The molecule has 4 heteroatoms. The summed E-state index contributed by atoms with van der Waals surface area (Å²) in [6.45, 7) is 27.4. The van der Waals surface area contributed by atoms with Crippen molar-refractivity contribution < 1.29 is 9.13 Å². The van der Waals surface area contributed by atoms with Gasteiger partial charge in [0.2, 0.25) is 0 Å². The first-order chi connectivity index (χ1) is 17.9. The second-order valence-electron chi connectivity index (χ2n) is 7.49. The van der Waals surface area contributed by atoms with Gasteiger partial charge in [0.15, 0.2) is 0 Å². The first kappa shape index (κ1) is 48.4. The first-order valence-corrected chi connectivity index (χ1v) is 14.7. The Labute approximate surface area is 235 Å². The van der Waals surface area contributed by atoms with Crippen LogP contribution in [0.5, 0.6) is 0 Å². The molecule has 0 aromatic rings. The van der Waals surface area contributed by atoms with Crippen molar-refractivity contribution in [1.29, 1.82) is 0 Å². The number of halogens is 1. The molecule has 0 saturated heterocycles.